The average Bonchev–Trinajstić information content (AvgIpc) is 2.15. The van der Waals surface area contributed by atoms with Gasteiger partial charge in [-0.1, -0.05) is 0 Å². The van der Waals surface area contributed by atoms with Gasteiger partial charge in [0.1, 0.15) is 5.56 Å². The summed E-state index contributed by atoms with van der Waals surface area (Å²) in [7, 11) is 1.38. The van der Waals surface area contributed by atoms with Crippen LogP contribution in [0, 0.1) is 10.1 Å². The molecule has 0 fully saturated rings. The summed E-state index contributed by atoms with van der Waals surface area (Å²) in [6, 6.07) is 1.24. The van der Waals surface area contributed by atoms with Crippen molar-refractivity contribution in [2.45, 2.75) is 0 Å². The highest BCUT2D eigenvalue weighted by atomic mass is 16.6. The van der Waals surface area contributed by atoms with E-state index in [1.807, 2.05) is 0 Å². The molecule has 7 nitrogen and oxygen atoms in total. The molecule has 1 heterocycles. The Hall–Kier alpha value is -2.18. The third-order valence-corrected chi connectivity index (χ3v) is 1.61. The molecular formula is C7H8N4O3. The summed E-state index contributed by atoms with van der Waals surface area (Å²) < 4.78 is 0. The summed E-state index contributed by atoms with van der Waals surface area (Å²) in [4.78, 5) is 24.6. The van der Waals surface area contributed by atoms with Gasteiger partial charge in [-0.2, -0.15) is 0 Å². The van der Waals surface area contributed by atoms with Crippen LogP contribution in [0.25, 0.3) is 0 Å². The van der Waals surface area contributed by atoms with Gasteiger partial charge in [0, 0.05) is 13.2 Å². The minimum atomic E-state index is -0.729. The number of pyridine rings is 1. The summed E-state index contributed by atoms with van der Waals surface area (Å²) >= 11 is 0. The van der Waals surface area contributed by atoms with Crippen LogP contribution in [0.1, 0.15) is 10.4 Å². The van der Waals surface area contributed by atoms with E-state index < -0.39 is 16.5 Å². The lowest BCUT2D eigenvalue weighted by Gasteiger charge is -2.02. The summed E-state index contributed by atoms with van der Waals surface area (Å²) in [6.45, 7) is 0. The number of nitro groups is 1. The Kier molecular flexibility index (Phi) is 2.61. The first-order valence-corrected chi connectivity index (χ1v) is 3.69. The lowest BCUT2D eigenvalue weighted by molar-refractivity contribution is -0.384. The molecule has 0 saturated carbocycles. The molecule has 0 aromatic carbocycles. The fourth-order valence-corrected chi connectivity index (χ4v) is 0.980. The highest BCUT2D eigenvalue weighted by Gasteiger charge is 2.23. The number of hydrogen-bond donors (Lipinski definition) is 2. The van der Waals surface area contributed by atoms with Crippen molar-refractivity contribution in [1.29, 1.82) is 0 Å². The molecule has 0 aliphatic heterocycles. The van der Waals surface area contributed by atoms with E-state index in [-0.39, 0.29) is 11.4 Å². The number of nitrogens with one attached hydrogen (secondary N) is 1. The van der Waals surface area contributed by atoms with Gasteiger partial charge in [0.25, 0.3) is 5.91 Å². The molecule has 0 aliphatic carbocycles. The van der Waals surface area contributed by atoms with E-state index in [2.05, 4.69) is 10.3 Å². The van der Waals surface area contributed by atoms with Crippen LogP contribution in [0.4, 0.5) is 11.5 Å². The molecule has 7 heteroatoms. The van der Waals surface area contributed by atoms with E-state index in [0.29, 0.717) is 0 Å². The summed E-state index contributed by atoms with van der Waals surface area (Å²) in [5.41, 5.74) is 4.72. The number of amides is 1. The Bertz CT molecular complexity index is 391. The van der Waals surface area contributed by atoms with Gasteiger partial charge >= 0.3 is 5.69 Å². The second-order valence-corrected chi connectivity index (χ2v) is 2.43. The van der Waals surface area contributed by atoms with Crippen molar-refractivity contribution in [1.82, 2.24) is 10.3 Å². The number of nitrogens with two attached hydrogens (primary N) is 1. The molecule has 1 amide bonds. The number of nitrogen functional groups attached to an aromatic ring is 1. The standard InChI is InChI=1S/C7H8N4O3/c1-9-7(12)4-2-3-10-6(8)5(4)11(13)14/h2-3H,1H3,(H2,8,10)(H,9,12). The van der Waals surface area contributed by atoms with Gasteiger partial charge in [-0.05, 0) is 6.07 Å². The fraction of sp³-hybridized carbons (Fsp3) is 0.143. The molecule has 3 N–H and O–H groups in total. The van der Waals surface area contributed by atoms with E-state index in [9.17, 15) is 14.9 Å². The lowest BCUT2D eigenvalue weighted by atomic mass is 10.2. The van der Waals surface area contributed by atoms with Gasteiger partial charge in [-0.25, -0.2) is 4.98 Å². The molecule has 0 aliphatic rings. The molecule has 0 atom stereocenters. The van der Waals surface area contributed by atoms with Gasteiger partial charge in [-0.3, -0.25) is 14.9 Å². The van der Waals surface area contributed by atoms with E-state index in [4.69, 9.17) is 5.73 Å². The summed E-state index contributed by atoms with van der Waals surface area (Å²) in [5, 5.41) is 12.8. The van der Waals surface area contributed by atoms with Crippen molar-refractivity contribution in [2.75, 3.05) is 12.8 Å². The molecule has 1 aromatic heterocycles. The van der Waals surface area contributed by atoms with Gasteiger partial charge in [0.05, 0.1) is 4.92 Å². The zero-order valence-corrected chi connectivity index (χ0v) is 7.35. The number of nitrogens with zero attached hydrogens (tertiary/aromatic N) is 2. The van der Waals surface area contributed by atoms with E-state index in [1.54, 1.807) is 0 Å². The van der Waals surface area contributed by atoms with Crippen molar-refractivity contribution < 1.29 is 9.72 Å². The van der Waals surface area contributed by atoms with Crippen LogP contribution in [0.2, 0.25) is 0 Å². The second kappa shape index (κ2) is 3.69. The molecular weight excluding hydrogens is 188 g/mol. The van der Waals surface area contributed by atoms with Crippen LogP contribution in [0.5, 0.6) is 0 Å². The smallest absolute Gasteiger partial charge is 0.323 e. The predicted octanol–water partition coefficient (Wildman–Crippen LogP) is -0.0684. The van der Waals surface area contributed by atoms with Gasteiger partial charge in [0.2, 0.25) is 5.82 Å². The number of hydrogen-bond acceptors (Lipinski definition) is 5. The van der Waals surface area contributed by atoms with Crippen molar-refractivity contribution in [3.05, 3.63) is 27.9 Å². The number of carbonyl (C=O) groups excluding carboxylic acids is 1. The summed E-state index contributed by atoms with van der Waals surface area (Å²) in [6.07, 6.45) is 1.24. The molecule has 1 aromatic rings. The molecule has 0 unspecified atom stereocenters. The second-order valence-electron chi connectivity index (χ2n) is 2.43. The van der Waals surface area contributed by atoms with Crippen molar-refractivity contribution in [3.8, 4) is 0 Å². The molecule has 14 heavy (non-hydrogen) atoms. The van der Waals surface area contributed by atoms with Crippen LogP contribution in [-0.2, 0) is 0 Å². The zero-order chi connectivity index (χ0) is 10.7. The predicted molar refractivity (Wildman–Crippen MR) is 48.7 cm³/mol. The van der Waals surface area contributed by atoms with Crippen LogP contribution in [0.3, 0.4) is 0 Å². The monoisotopic (exact) mass is 196 g/mol. The van der Waals surface area contributed by atoms with Crippen LogP contribution < -0.4 is 11.1 Å². The quantitative estimate of drug-likeness (QED) is 0.508. The van der Waals surface area contributed by atoms with Gasteiger partial charge < -0.3 is 11.1 Å². The lowest BCUT2D eigenvalue weighted by Crippen LogP contribution is -2.20. The highest BCUT2D eigenvalue weighted by molar-refractivity contribution is 5.99. The van der Waals surface area contributed by atoms with E-state index in [1.165, 1.54) is 19.3 Å². The minimum absolute atomic E-state index is 0.0926. The first kappa shape index (κ1) is 9.90. The third kappa shape index (κ3) is 1.60. The number of anilines is 1. The number of rotatable bonds is 2. The van der Waals surface area contributed by atoms with Gasteiger partial charge in [0.15, 0.2) is 0 Å². The van der Waals surface area contributed by atoms with Gasteiger partial charge in [-0.15, -0.1) is 0 Å². The number of aromatic nitrogens is 1. The average molecular weight is 196 g/mol. The fourth-order valence-electron chi connectivity index (χ4n) is 0.980. The number of carbonyl (C=O) groups is 1. The Balaban J connectivity index is 3.35. The summed E-state index contributed by atoms with van der Waals surface area (Å²) in [5.74, 6) is -0.832. The topological polar surface area (TPSA) is 111 Å². The van der Waals surface area contributed by atoms with Crippen LogP contribution >= 0.6 is 0 Å². The molecule has 0 bridgehead atoms. The first-order valence-electron chi connectivity index (χ1n) is 3.69. The van der Waals surface area contributed by atoms with Crippen molar-refractivity contribution in [2.24, 2.45) is 0 Å². The molecule has 0 radical (unpaired) electrons. The molecule has 74 valence electrons. The molecule has 1 rings (SSSR count). The minimum Gasteiger partial charge on any atom is -0.378 e. The van der Waals surface area contributed by atoms with E-state index >= 15 is 0 Å². The Morgan fingerprint density at radius 1 is 1.71 bits per heavy atom. The zero-order valence-electron chi connectivity index (χ0n) is 7.35. The Morgan fingerprint density at radius 2 is 2.36 bits per heavy atom. The maximum atomic E-state index is 11.2. The first-order chi connectivity index (χ1) is 6.57. The molecule has 0 saturated heterocycles. The maximum Gasteiger partial charge on any atom is 0.323 e. The SMILES string of the molecule is CNC(=O)c1ccnc(N)c1[N+](=O)[O-]. The van der Waals surface area contributed by atoms with Crippen LogP contribution in [0.15, 0.2) is 12.3 Å². The normalized spacial score (nSPS) is 9.50. The Labute approximate surface area is 79.1 Å². The highest BCUT2D eigenvalue weighted by Crippen LogP contribution is 2.23. The van der Waals surface area contributed by atoms with Crippen molar-refractivity contribution in [3.63, 3.8) is 0 Å². The van der Waals surface area contributed by atoms with Crippen molar-refractivity contribution >= 4 is 17.4 Å². The van der Waals surface area contributed by atoms with E-state index in [0.717, 1.165) is 0 Å². The van der Waals surface area contributed by atoms with Crippen LogP contribution in [-0.4, -0.2) is 22.9 Å². The largest absolute Gasteiger partial charge is 0.378 e. The third-order valence-electron chi connectivity index (χ3n) is 1.61. The maximum absolute atomic E-state index is 11.2. The molecule has 0 spiro atoms. The Morgan fingerprint density at radius 3 is 2.86 bits per heavy atom.